The molecule has 2 atom stereocenters. The lowest BCUT2D eigenvalue weighted by atomic mass is 10.00. The Bertz CT molecular complexity index is 755. The molecule has 1 aromatic carbocycles. The van der Waals surface area contributed by atoms with Gasteiger partial charge in [-0.2, -0.15) is 0 Å². The van der Waals surface area contributed by atoms with Gasteiger partial charge in [-0.25, -0.2) is 14.8 Å². The highest BCUT2D eigenvalue weighted by Gasteiger charge is 2.34. The Balaban J connectivity index is 1.57. The van der Waals surface area contributed by atoms with Gasteiger partial charge in [-0.1, -0.05) is 12.1 Å². The molecule has 2 aliphatic rings. The number of hydrazine groups is 1. The average molecular weight is 343 g/mol. The Labute approximate surface area is 145 Å². The lowest BCUT2D eigenvalue weighted by molar-refractivity contribution is -0.137. The van der Waals surface area contributed by atoms with Crippen molar-refractivity contribution in [1.29, 1.82) is 0 Å². The Hall–Kier alpha value is -2.25. The van der Waals surface area contributed by atoms with E-state index in [2.05, 4.69) is 20.8 Å². The molecule has 3 N–H and O–H groups in total. The van der Waals surface area contributed by atoms with Crippen molar-refractivity contribution in [2.75, 3.05) is 13.1 Å². The smallest absolute Gasteiger partial charge is 0.241 e. The summed E-state index contributed by atoms with van der Waals surface area (Å²) in [5.41, 5.74) is 7.60. The highest BCUT2D eigenvalue weighted by atomic mass is 19.1. The van der Waals surface area contributed by atoms with E-state index in [4.69, 9.17) is 0 Å². The van der Waals surface area contributed by atoms with Gasteiger partial charge in [0.05, 0.1) is 17.9 Å². The molecule has 2 unspecified atom stereocenters. The molecule has 132 valence electrons. The largest absolute Gasteiger partial charge is 0.340 e. The second kappa shape index (κ2) is 6.93. The number of carbonyl (C=O) groups is 1. The maximum absolute atomic E-state index is 13.5. The molecule has 1 aromatic heterocycles. The van der Waals surface area contributed by atoms with Gasteiger partial charge in [0.1, 0.15) is 17.7 Å². The number of likely N-dealkylation sites (tertiary alicyclic amines) is 1. The number of amides is 1. The number of benzene rings is 1. The van der Waals surface area contributed by atoms with Gasteiger partial charge in [-0.15, -0.1) is 0 Å². The fraction of sp³-hybridized carbons (Fsp3) is 0.444. The molecule has 0 saturated carbocycles. The van der Waals surface area contributed by atoms with Gasteiger partial charge in [-0.05, 0) is 37.8 Å². The number of H-pyrrole nitrogens is 1. The first-order chi connectivity index (χ1) is 12.2. The van der Waals surface area contributed by atoms with E-state index < -0.39 is 0 Å². The summed E-state index contributed by atoms with van der Waals surface area (Å²) in [6, 6.07) is 6.21. The van der Waals surface area contributed by atoms with Gasteiger partial charge >= 0.3 is 0 Å². The molecule has 2 aliphatic heterocycles. The van der Waals surface area contributed by atoms with Crippen LogP contribution in [0.2, 0.25) is 0 Å². The summed E-state index contributed by atoms with van der Waals surface area (Å²) in [5.74, 6) is 0.625. The number of rotatable bonds is 3. The Morgan fingerprint density at radius 1 is 1.28 bits per heavy atom. The van der Waals surface area contributed by atoms with Crippen LogP contribution in [0.15, 0.2) is 30.5 Å². The number of carbonyl (C=O) groups excluding carboxylic acids is 1. The molecular weight excluding hydrogens is 321 g/mol. The van der Waals surface area contributed by atoms with Crippen molar-refractivity contribution in [2.24, 2.45) is 0 Å². The van der Waals surface area contributed by atoms with Gasteiger partial charge < -0.3 is 9.88 Å². The molecule has 2 fully saturated rings. The van der Waals surface area contributed by atoms with Crippen LogP contribution in [0.3, 0.4) is 0 Å². The number of nitrogens with one attached hydrogen (secondary N) is 3. The third kappa shape index (κ3) is 3.29. The van der Waals surface area contributed by atoms with E-state index in [-0.39, 0.29) is 23.8 Å². The number of aromatic amines is 1. The van der Waals surface area contributed by atoms with E-state index >= 15 is 0 Å². The van der Waals surface area contributed by atoms with Crippen molar-refractivity contribution in [1.82, 2.24) is 25.7 Å². The first-order valence-electron chi connectivity index (χ1n) is 8.82. The summed E-state index contributed by atoms with van der Waals surface area (Å²) in [7, 11) is 0. The number of piperidine rings is 1. The fourth-order valence-electron chi connectivity index (χ4n) is 3.66. The van der Waals surface area contributed by atoms with Crippen molar-refractivity contribution in [3.05, 3.63) is 42.1 Å². The maximum atomic E-state index is 13.5. The van der Waals surface area contributed by atoms with Crippen molar-refractivity contribution < 1.29 is 9.18 Å². The van der Waals surface area contributed by atoms with Gasteiger partial charge in [-0.3, -0.25) is 10.2 Å². The van der Waals surface area contributed by atoms with Crippen molar-refractivity contribution in [3.8, 4) is 11.3 Å². The Morgan fingerprint density at radius 3 is 3.00 bits per heavy atom. The molecular formula is C18H22FN5O. The second-order valence-electron chi connectivity index (χ2n) is 6.65. The molecule has 0 aliphatic carbocycles. The third-order valence-electron chi connectivity index (χ3n) is 4.97. The van der Waals surface area contributed by atoms with Gasteiger partial charge in [0.25, 0.3) is 0 Å². The van der Waals surface area contributed by atoms with Crippen LogP contribution in [-0.4, -0.2) is 39.9 Å². The van der Waals surface area contributed by atoms with E-state index in [0.717, 1.165) is 55.9 Å². The summed E-state index contributed by atoms with van der Waals surface area (Å²) >= 11 is 0. The van der Waals surface area contributed by atoms with Crippen molar-refractivity contribution in [3.63, 3.8) is 0 Å². The van der Waals surface area contributed by atoms with Gasteiger partial charge in [0.15, 0.2) is 0 Å². The zero-order chi connectivity index (χ0) is 17.2. The van der Waals surface area contributed by atoms with Crippen LogP contribution in [0.4, 0.5) is 4.39 Å². The average Bonchev–Trinajstić information content (AvgIpc) is 3.33. The predicted octanol–water partition coefficient (Wildman–Crippen LogP) is 2.14. The minimum atomic E-state index is -0.275. The Morgan fingerprint density at radius 2 is 2.20 bits per heavy atom. The monoisotopic (exact) mass is 343 g/mol. The van der Waals surface area contributed by atoms with Crippen molar-refractivity contribution in [2.45, 2.75) is 37.8 Å². The van der Waals surface area contributed by atoms with Gasteiger partial charge in [0, 0.05) is 18.7 Å². The van der Waals surface area contributed by atoms with Crippen LogP contribution >= 0.6 is 0 Å². The number of hydrogen-bond donors (Lipinski definition) is 3. The second-order valence-corrected chi connectivity index (χ2v) is 6.65. The quantitative estimate of drug-likeness (QED) is 0.798. The van der Waals surface area contributed by atoms with Crippen LogP contribution in [0, 0.1) is 5.82 Å². The molecule has 4 rings (SSSR count). The summed E-state index contributed by atoms with van der Waals surface area (Å²) in [6.45, 7) is 1.55. The van der Waals surface area contributed by atoms with E-state index in [0.29, 0.717) is 0 Å². The first kappa shape index (κ1) is 16.2. The van der Waals surface area contributed by atoms with Crippen LogP contribution in [0.25, 0.3) is 11.3 Å². The normalized spacial score (nSPS) is 23.8. The van der Waals surface area contributed by atoms with Crippen LogP contribution in [0.5, 0.6) is 0 Å². The van der Waals surface area contributed by atoms with Crippen LogP contribution in [-0.2, 0) is 4.79 Å². The SMILES string of the molecule is O=C(C1CCNN1)N1CCCCC1c1ncc(-c2cccc(F)c2)[nH]1. The molecule has 2 saturated heterocycles. The van der Waals surface area contributed by atoms with Crippen LogP contribution < -0.4 is 10.9 Å². The lowest BCUT2D eigenvalue weighted by Crippen LogP contribution is -2.48. The highest BCUT2D eigenvalue weighted by molar-refractivity contribution is 5.82. The number of imidazole rings is 1. The molecule has 1 amide bonds. The van der Waals surface area contributed by atoms with Crippen LogP contribution in [0.1, 0.15) is 37.5 Å². The first-order valence-corrected chi connectivity index (χ1v) is 8.82. The summed E-state index contributed by atoms with van der Waals surface area (Å²) in [4.78, 5) is 22.6. The number of nitrogens with zero attached hydrogens (tertiary/aromatic N) is 2. The van der Waals surface area contributed by atoms with E-state index in [9.17, 15) is 9.18 Å². The van der Waals surface area contributed by atoms with E-state index in [1.165, 1.54) is 12.1 Å². The number of hydrogen-bond acceptors (Lipinski definition) is 4. The molecule has 0 bridgehead atoms. The molecule has 0 radical (unpaired) electrons. The number of aromatic nitrogens is 2. The van der Waals surface area contributed by atoms with Crippen molar-refractivity contribution >= 4 is 5.91 Å². The minimum Gasteiger partial charge on any atom is -0.340 e. The zero-order valence-electron chi connectivity index (χ0n) is 14.0. The zero-order valence-corrected chi connectivity index (χ0v) is 14.0. The standard InChI is InChI=1S/C18H22FN5O/c19-13-5-3-4-12(10-13)15-11-20-17(22-15)16-6-1-2-9-24(16)18(25)14-7-8-21-23-14/h3-5,10-11,14,16,21,23H,1-2,6-9H2,(H,20,22). The summed E-state index contributed by atoms with van der Waals surface area (Å²) in [6.07, 6.45) is 5.49. The lowest BCUT2D eigenvalue weighted by Gasteiger charge is -2.36. The maximum Gasteiger partial charge on any atom is 0.241 e. The molecule has 6 nitrogen and oxygen atoms in total. The fourth-order valence-corrected chi connectivity index (χ4v) is 3.66. The molecule has 25 heavy (non-hydrogen) atoms. The third-order valence-corrected chi connectivity index (χ3v) is 4.97. The van der Waals surface area contributed by atoms with Gasteiger partial charge in [0.2, 0.25) is 5.91 Å². The molecule has 7 heteroatoms. The molecule has 2 aromatic rings. The summed E-state index contributed by atoms with van der Waals surface area (Å²) in [5, 5.41) is 0. The van der Waals surface area contributed by atoms with E-state index in [1.807, 2.05) is 11.0 Å². The Kier molecular flexibility index (Phi) is 4.50. The van der Waals surface area contributed by atoms with E-state index in [1.54, 1.807) is 12.3 Å². The highest BCUT2D eigenvalue weighted by Crippen LogP contribution is 2.31. The topological polar surface area (TPSA) is 73.1 Å². The minimum absolute atomic E-state index is 0.0500. The predicted molar refractivity (Wildman–Crippen MR) is 91.8 cm³/mol. The molecule has 0 spiro atoms. The number of halogens is 1. The molecule has 3 heterocycles. The summed E-state index contributed by atoms with van der Waals surface area (Å²) < 4.78 is 13.5.